The Hall–Kier alpha value is -2.18. The zero-order chi connectivity index (χ0) is 17.0. The standard InChI is InChI=1S/C16H21FN2O4/c1-10-4-3-5-13(11(10)2)18-16(20)9-23-15-8-12(17)6-7-14(15)19(21)22/h6-8,10-11,13H,3-5,9H2,1-2H3,(H,18,20)/t10-,11-,13-/m1/s1. The van der Waals surface area contributed by atoms with Crippen LogP contribution in [0.25, 0.3) is 0 Å². The number of benzene rings is 1. The number of nitro groups is 1. The van der Waals surface area contributed by atoms with Crippen LogP contribution in [0.15, 0.2) is 18.2 Å². The monoisotopic (exact) mass is 324 g/mol. The molecule has 0 unspecified atom stereocenters. The van der Waals surface area contributed by atoms with Gasteiger partial charge in [0.25, 0.3) is 5.91 Å². The molecule has 1 aliphatic carbocycles. The second-order valence-corrected chi connectivity index (χ2v) is 6.10. The first-order valence-electron chi connectivity index (χ1n) is 7.74. The molecule has 0 saturated heterocycles. The van der Waals surface area contributed by atoms with Crippen LogP contribution in [0.3, 0.4) is 0 Å². The molecule has 0 spiro atoms. The molecule has 7 heteroatoms. The van der Waals surface area contributed by atoms with Gasteiger partial charge in [0, 0.05) is 18.2 Å². The van der Waals surface area contributed by atoms with Crippen LogP contribution in [-0.2, 0) is 4.79 Å². The SMILES string of the molecule is C[C@@H]1[C@H](C)CCC[C@H]1NC(=O)COc1cc(F)ccc1[N+](=O)[O-]. The maximum absolute atomic E-state index is 13.2. The lowest BCUT2D eigenvalue weighted by molar-refractivity contribution is -0.385. The number of amides is 1. The number of nitro benzene ring substituents is 1. The van der Waals surface area contributed by atoms with Gasteiger partial charge in [0.15, 0.2) is 6.61 Å². The predicted octanol–water partition coefficient (Wildman–Crippen LogP) is 3.05. The molecule has 1 aromatic rings. The first-order valence-corrected chi connectivity index (χ1v) is 7.74. The van der Waals surface area contributed by atoms with E-state index in [1.54, 1.807) is 0 Å². The van der Waals surface area contributed by atoms with Gasteiger partial charge in [0.2, 0.25) is 5.75 Å². The summed E-state index contributed by atoms with van der Waals surface area (Å²) in [5.41, 5.74) is -0.362. The number of ether oxygens (including phenoxy) is 1. The van der Waals surface area contributed by atoms with E-state index in [4.69, 9.17) is 4.74 Å². The van der Waals surface area contributed by atoms with Crippen LogP contribution < -0.4 is 10.1 Å². The Morgan fingerprint density at radius 2 is 2.17 bits per heavy atom. The fourth-order valence-corrected chi connectivity index (χ4v) is 2.93. The van der Waals surface area contributed by atoms with E-state index in [0.29, 0.717) is 11.8 Å². The van der Waals surface area contributed by atoms with Crippen molar-refractivity contribution in [1.29, 1.82) is 0 Å². The first-order chi connectivity index (χ1) is 10.9. The van der Waals surface area contributed by atoms with Crippen molar-refractivity contribution in [3.05, 3.63) is 34.1 Å². The predicted molar refractivity (Wildman–Crippen MR) is 82.7 cm³/mol. The van der Waals surface area contributed by atoms with E-state index in [1.165, 1.54) is 0 Å². The van der Waals surface area contributed by atoms with Gasteiger partial charge in [-0.2, -0.15) is 0 Å². The molecule has 0 bridgehead atoms. The van der Waals surface area contributed by atoms with Crippen molar-refractivity contribution >= 4 is 11.6 Å². The van der Waals surface area contributed by atoms with Crippen LogP contribution in [0.4, 0.5) is 10.1 Å². The van der Waals surface area contributed by atoms with Gasteiger partial charge in [0.1, 0.15) is 5.82 Å². The van der Waals surface area contributed by atoms with Crippen molar-refractivity contribution in [3.63, 3.8) is 0 Å². The molecule has 2 rings (SSSR count). The van der Waals surface area contributed by atoms with E-state index in [2.05, 4.69) is 19.2 Å². The Kier molecular flexibility index (Phi) is 5.52. The highest BCUT2D eigenvalue weighted by Gasteiger charge is 2.28. The second kappa shape index (κ2) is 7.39. The third-order valence-corrected chi connectivity index (χ3v) is 4.53. The summed E-state index contributed by atoms with van der Waals surface area (Å²) in [4.78, 5) is 22.2. The average Bonchev–Trinajstić information content (AvgIpc) is 2.49. The fraction of sp³-hybridized carbons (Fsp3) is 0.562. The zero-order valence-corrected chi connectivity index (χ0v) is 13.3. The third-order valence-electron chi connectivity index (χ3n) is 4.53. The van der Waals surface area contributed by atoms with E-state index < -0.39 is 10.7 Å². The summed E-state index contributed by atoms with van der Waals surface area (Å²) in [6.45, 7) is 3.89. The lowest BCUT2D eigenvalue weighted by atomic mass is 9.78. The first kappa shape index (κ1) is 17.2. The summed E-state index contributed by atoms with van der Waals surface area (Å²) in [6, 6.07) is 3.00. The molecule has 1 aromatic carbocycles. The Morgan fingerprint density at radius 1 is 1.43 bits per heavy atom. The average molecular weight is 324 g/mol. The molecule has 1 saturated carbocycles. The number of hydrogen-bond acceptors (Lipinski definition) is 4. The largest absolute Gasteiger partial charge is 0.477 e. The summed E-state index contributed by atoms with van der Waals surface area (Å²) < 4.78 is 18.3. The second-order valence-electron chi connectivity index (χ2n) is 6.10. The zero-order valence-electron chi connectivity index (χ0n) is 13.3. The molecule has 1 fully saturated rings. The van der Waals surface area contributed by atoms with Crippen LogP contribution in [-0.4, -0.2) is 23.5 Å². The third kappa shape index (κ3) is 4.40. The molecule has 0 aromatic heterocycles. The highest BCUT2D eigenvalue weighted by molar-refractivity contribution is 5.78. The molecule has 1 N–H and O–H groups in total. The summed E-state index contributed by atoms with van der Waals surface area (Å²) in [5.74, 6) is -0.332. The van der Waals surface area contributed by atoms with Crippen LogP contribution in [0.2, 0.25) is 0 Å². The van der Waals surface area contributed by atoms with Gasteiger partial charge >= 0.3 is 5.69 Å². The summed E-state index contributed by atoms with van der Waals surface area (Å²) in [6.07, 6.45) is 3.13. The Bertz CT molecular complexity index is 593. The van der Waals surface area contributed by atoms with Crippen molar-refractivity contribution in [1.82, 2.24) is 5.32 Å². The smallest absolute Gasteiger partial charge is 0.311 e. The number of hydrogen-bond donors (Lipinski definition) is 1. The fourth-order valence-electron chi connectivity index (χ4n) is 2.93. The molecule has 3 atom stereocenters. The topological polar surface area (TPSA) is 81.5 Å². The van der Waals surface area contributed by atoms with E-state index in [-0.39, 0.29) is 30.0 Å². The molecule has 0 heterocycles. The number of nitrogens with zero attached hydrogens (tertiary/aromatic N) is 1. The van der Waals surface area contributed by atoms with Crippen LogP contribution >= 0.6 is 0 Å². The number of carbonyl (C=O) groups excluding carboxylic acids is 1. The molecule has 0 aliphatic heterocycles. The van der Waals surface area contributed by atoms with Crippen molar-refractivity contribution < 1.29 is 18.8 Å². The minimum Gasteiger partial charge on any atom is -0.477 e. The lowest BCUT2D eigenvalue weighted by Crippen LogP contribution is -2.45. The van der Waals surface area contributed by atoms with Crippen molar-refractivity contribution in [3.8, 4) is 5.75 Å². The van der Waals surface area contributed by atoms with Gasteiger partial charge < -0.3 is 10.1 Å². The highest BCUT2D eigenvalue weighted by atomic mass is 19.1. The minimum absolute atomic E-state index is 0.0809. The molecule has 0 radical (unpaired) electrons. The van der Waals surface area contributed by atoms with Gasteiger partial charge in [-0.1, -0.05) is 26.7 Å². The van der Waals surface area contributed by atoms with Gasteiger partial charge in [-0.15, -0.1) is 0 Å². The van der Waals surface area contributed by atoms with Crippen molar-refractivity contribution in [2.45, 2.75) is 39.2 Å². The van der Waals surface area contributed by atoms with Gasteiger partial charge in [0.05, 0.1) is 4.92 Å². The molecule has 1 aliphatic rings. The van der Waals surface area contributed by atoms with Crippen LogP contribution in [0, 0.1) is 27.8 Å². The van der Waals surface area contributed by atoms with Crippen molar-refractivity contribution in [2.24, 2.45) is 11.8 Å². The lowest BCUT2D eigenvalue weighted by Gasteiger charge is -2.34. The molecular weight excluding hydrogens is 303 g/mol. The summed E-state index contributed by atoms with van der Waals surface area (Å²) in [5, 5.41) is 13.8. The van der Waals surface area contributed by atoms with E-state index in [1.807, 2.05) is 0 Å². The summed E-state index contributed by atoms with van der Waals surface area (Å²) in [7, 11) is 0. The maximum atomic E-state index is 13.2. The Balaban J connectivity index is 1.94. The van der Waals surface area contributed by atoms with Crippen molar-refractivity contribution in [2.75, 3.05) is 6.61 Å². The minimum atomic E-state index is -0.669. The molecule has 126 valence electrons. The van der Waals surface area contributed by atoms with E-state index in [0.717, 1.165) is 37.5 Å². The highest BCUT2D eigenvalue weighted by Crippen LogP contribution is 2.30. The van der Waals surface area contributed by atoms with Crippen LogP contribution in [0.5, 0.6) is 5.75 Å². The normalized spacial score (nSPS) is 24.0. The van der Waals surface area contributed by atoms with E-state index in [9.17, 15) is 19.3 Å². The summed E-state index contributed by atoms with van der Waals surface area (Å²) >= 11 is 0. The van der Waals surface area contributed by atoms with Crippen LogP contribution in [0.1, 0.15) is 33.1 Å². The Morgan fingerprint density at radius 3 is 2.87 bits per heavy atom. The maximum Gasteiger partial charge on any atom is 0.311 e. The van der Waals surface area contributed by atoms with Gasteiger partial charge in [-0.3, -0.25) is 14.9 Å². The molecular formula is C16H21FN2O4. The van der Waals surface area contributed by atoms with E-state index >= 15 is 0 Å². The number of nitrogens with one attached hydrogen (secondary N) is 1. The van der Waals surface area contributed by atoms with Gasteiger partial charge in [-0.05, 0) is 24.3 Å². The number of carbonyl (C=O) groups is 1. The Labute approximate surface area is 134 Å². The van der Waals surface area contributed by atoms with Gasteiger partial charge in [-0.25, -0.2) is 4.39 Å². The quantitative estimate of drug-likeness (QED) is 0.666. The molecule has 1 amide bonds. The molecule has 6 nitrogen and oxygen atoms in total. The molecule has 23 heavy (non-hydrogen) atoms. The number of rotatable bonds is 5. The number of halogens is 1.